The van der Waals surface area contributed by atoms with Crippen LogP contribution < -0.4 is 5.32 Å². The Morgan fingerprint density at radius 3 is 2.80 bits per heavy atom. The maximum atomic E-state index is 13.5. The minimum Gasteiger partial charge on any atom is -0.394 e. The van der Waals surface area contributed by atoms with Gasteiger partial charge in [0.1, 0.15) is 5.82 Å². The molecule has 4 nitrogen and oxygen atoms in total. The lowest BCUT2D eigenvalue weighted by Crippen LogP contribution is -2.28. The molecule has 0 aliphatic rings. The van der Waals surface area contributed by atoms with E-state index in [9.17, 15) is 9.50 Å². The smallest absolute Gasteiger partial charge is 0.142 e. The number of rotatable bonds is 5. The van der Waals surface area contributed by atoms with Crippen molar-refractivity contribution in [2.75, 3.05) is 6.61 Å². The van der Waals surface area contributed by atoms with Crippen LogP contribution in [-0.2, 0) is 0 Å². The Morgan fingerprint density at radius 1 is 1.40 bits per heavy atom. The molecule has 0 fully saturated rings. The predicted molar refractivity (Wildman–Crippen MR) is 74.8 cm³/mol. The molecule has 2 atom stereocenters. The molecule has 0 amide bonds. The van der Waals surface area contributed by atoms with Crippen LogP contribution in [0.1, 0.15) is 30.3 Å². The molecule has 106 valence electrons. The fourth-order valence-corrected chi connectivity index (χ4v) is 2.02. The molecule has 20 heavy (non-hydrogen) atoms. The Hall–Kier alpha value is -1.56. The largest absolute Gasteiger partial charge is 0.394 e. The van der Waals surface area contributed by atoms with Gasteiger partial charge in [-0.05, 0) is 24.6 Å². The van der Waals surface area contributed by atoms with E-state index in [-0.39, 0.29) is 17.7 Å². The summed E-state index contributed by atoms with van der Waals surface area (Å²) in [6, 6.07) is 3.95. The van der Waals surface area contributed by atoms with Gasteiger partial charge in [-0.25, -0.2) is 4.39 Å². The van der Waals surface area contributed by atoms with Crippen LogP contribution in [0.3, 0.4) is 0 Å². The summed E-state index contributed by atoms with van der Waals surface area (Å²) in [4.78, 5) is 8.18. The fraction of sp³-hybridized carbons (Fsp3) is 0.286. The average molecular weight is 296 g/mol. The quantitative estimate of drug-likeness (QED) is 0.890. The van der Waals surface area contributed by atoms with Crippen LogP contribution in [0.2, 0.25) is 5.02 Å². The van der Waals surface area contributed by atoms with E-state index in [1.165, 1.54) is 12.1 Å². The van der Waals surface area contributed by atoms with Gasteiger partial charge in [-0.1, -0.05) is 17.7 Å². The van der Waals surface area contributed by atoms with Crippen LogP contribution in [0.5, 0.6) is 0 Å². The molecule has 2 N–H and O–H groups in total. The summed E-state index contributed by atoms with van der Waals surface area (Å²) < 4.78 is 13.5. The summed E-state index contributed by atoms with van der Waals surface area (Å²) in [5, 5.41) is 12.7. The molecule has 6 heteroatoms. The van der Waals surface area contributed by atoms with Gasteiger partial charge in [0.25, 0.3) is 0 Å². The number of aliphatic hydroxyl groups excluding tert-OH is 1. The molecule has 2 unspecified atom stereocenters. The normalized spacial score (nSPS) is 14.0. The van der Waals surface area contributed by atoms with Crippen molar-refractivity contribution < 1.29 is 9.50 Å². The zero-order valence-corrected chi connectivity index (χ0v) is 11.7. The van der Waals surface area contributed by atoms with E-state index in [4.69, 9.17) is 11.6 Å². The first-order valence-electron chi connectivity index (χ1n) is 6.19. The zero-order valence-electron chi connectivity index (χ0n) is 10.9. The maximum absolute atomic E-state index is 13.5. The van der Waals surface area contributed by atoms with Gasteiger partial charge in [-0.15, -0.1) is 0 Å². The first-order valence-corrected chi connectivity index (χ1v) is 6.57. The van der Waals surface area contributed by atoms with Crippen LogP contribution in [-0.4, -0.2) is 21.7 Å². The van der Waals surface area contributed by atoms with Gasteiger partial charge in [-0.2, -0.15) is 0 Å². The van der Waals surface area contributed by atoms with Crippen molar-refractivity contribution in [2.24, 2.45) is 0 Å². The Kier molecular flexibility index (Phi) is 5.00. The van der Waals surface area contributed by atoms with E-state index in [0.29, 0.717) is 5.56 Å². The second-order valence-corrected chi connectivity index (χ2v) is 4.83. The number of nitrogens with one attached hydrogen (secondary N) is 1. The highest BCUT2D eigenvalue weighted by molar-refractivity contribution is 6.30. The molecule has 0 saturated carbocycles. The third-order valence-corrected chi connectivity index (χ3v) is 3.31. The minimum absolute atomic E-state index is 0.0624. The lowest BCUT2D eigenvalue weighted by atomic mass is 10.1. The lowest BCUT2D eigenvalue weighted by molar-refractivity contribution is 0.234. The molecule has 1 aromatic carbocycles. The molecule has 2 aromatic rings. The molecule has 0 aliphatic carbocycles. The number of hydrogen-bond donors (Lipinski definition) is 2. The number of nitrogens with zero attached hydrogens (tertiary/aromatic N) is 2. The highest BCUT2D eigenvalue weighted by Crippen LogP contribution is 2.22. The SMILES string of the molecule is CC(NC(CO)c1ccc(Cl)c(F)c1)c1cnccn1. The van der Waals surface area contributed by atoms with E-state index in [1.54, 1.807) is 24.7 Å². The van der Waals surface area contributed by atoms with Gasteiger partial charge < -0.3 is 5.11 Å². The molecule has 1 heterocycles. The highest BCUT2D eigenvalue weighted by atomic mass is 35.5. The van der Waals surface area contributed by atoms with Crippen LogP contribution in [0.25, 0.3) is 0 Å². The molecular formula is C14H15ClFN3O. The van der Waals surface area contributed by atoms with E-state index in [0.717, 1.165) is 5.69 Å². The van der Waals surface area contributed by atoms with Crippen molar-refractivity contribution in [1.82, 2.24) is 15.3 Å². The lowest BCUT2D eigenvalue weighted by Gasteiger charge is -2.21. The molecule has 0 radical (unpaired) electrons. The van der Waals surface area contributed by atoms with Crippen molar-refractivity contribution in [2.45, 2.75) is 19.0 Å². The summed E-state index contributed by atoms with van der Waals surface area (Å²) in [7, 11) is 0. The molecule has 0 bridgehead atoms. The van der Waals surface area contributed by atoms with Crippen molar-refractivity contribution in [3.05, 3.63) is 58.9 Å². The van der Waals surface area contributed by atoms with Crippen LogP contribution in [0.15, 0.2) is 36.8 Å². The number of halogens is 2. The number of benzene rings is 1. The van der Waals surface area contributed by atoms with Crippen molar-refractivity contribution in [3.63, 3.8) is 0 Å². The van der Waals surface area contributed by atoms with Gasteiger partial charge >= 0.3 is 0 Å². The highest BCUT2D eigenvalue weighted by Gasteiger charge is 2.16. The van der Waals surface area contributed by atoms with Crippen LogP contribution in [0.4, 0.5) is 4.39 Å². The fourth-order valence-electron chi connectivity index (χ4n) is 1.90. The Balaban J connectivity index is 2.14. The molecule has 0 saturated heterocycles. The number of aromatic nitrogens is 2. The van der Waals surface area contributed by atoms with Gasteiger partial charge in [0.2, 0.25) is 0 Å². The summed E-state index contributed by atoms with van der Waals surface area (Å²) in [6.07, 6.45) is 4.84. The van der Waals surface area contributed by atoms with Crippen LogP contribution >= 0.6 is 11.6 Å². The van der Waals surface area contributed by atoms with Crippen molar-refractivity contribution in [3.8, 4) is 0 Å². The topological polar surface area (TPSA) is 58.0 Å². The monoisotopic (exact) mass is 295 g/mol. The second-order valence-electron chi connectivity index (χ2n) is 4.43. The zero-order chi connectivity index (χ0) is 14.5. The summed E-state index contributed by atoms with van der Waals surface area (Å²) in [5.41, 5.74) is 1.38. The first kappa shape index (κ1) is 14.8. The Labute approximate surface area is 121 Å². The molecular weight excluding hydrogens is 281 g/mol. The minimum atomic E-state index is -0.503. The standard InChI is InChI=1S/C14H15ClFN3O/c1-9(13-7-17-4-5-18-13)19-14(8-20)10-2-3-11(15)12(16)6-10/h2-7,9,14,19-20H,8H2,1H3. The Morgan fingerprint density at radius 2 is 2.20 bits per heavy atom. The van der Waals surface area contributed by atoms with E-state index >= 15 is 0 Å². The van der Waals surface area contributed by atoms with Gasteiger partial charge in [-0.3, -0.25) is 15.3 Å². The number of hydrogen-bond acceptors (Lipinski definition) is 4. The van der Waals surface area contributed by atoms with E-state index < -0.39 is 11.9 Å². The maximum Gasteiger partial charge on any atom is 0.142 e. The van der Waals surface area contributed by atoms with E-state index in [1.807, 2.05) is 6.92 Å². The van der Waals surface area contributed by atoms with Crippen molar-refractivity contribution in [1.29, 1.82) is 0 Å². The predicted octanol–water partition coefficient (Wildman–Crippen LogP) is 2.65. The van der Waals surface area contributed by atoms with E-state index in [2.05, 4.69) is 15.3 Å². The molecule has 0 spiro atoms. The van der Waals surface area contributed by atoms with Gasteiger partial charge in [0.05, 0.1) is 23.4 Å². The molecule has 0 aliphatic heterocycles. The molecule has 1 aromatic heterocycles. The second kappa shape index (κ2) is 6.74. The van der Waals surface area contributed by atoms with Gasteiger partial charge in [0, 0.05) is 24.6 Å². The summed E-state index contributed by atoms with van der Waals surface area (Å²) >= 11 is 5.65. The number of aliphatic hydroxyl groups is 1. The third kappa shape index (κ3) is 3.50. The van der Waals surface area contributed by atoms with Crippen molar-refractivity contribution >= 4 is 11.6 Å². The molecule has 2 rings (SSSR count). The third-order valence-electron chi connectivity index (χ3n) is 3.01. The average Bonchev–Trinajstić information content (AvgIpc) is 2.48. The van der Waals surface area contributed by atoms with Gasteiger partial charge in [0.15, 0.2) is 0 Å². The van der Waals surface area contributed by atoms with Crippen LogP contribution in [0, 0.1) is 5.82 Å². The summed E-state index contributed by atoms with van der Waals surface area (Å²) in [5.74, 6) is -0.503. The Bertz CT molecular complexity index is 568. The first-order chi connectivity index (χ1) is 9.61. The summed E-state index contributed by atoms with van der Waals surface area (Å²) in [6.45, 7) is 1.74.